The van der Waals surface area contributed by atoms with Gasteiger partial charge in [0.2, 0.25) is 10.0 Å². The molecule has 1 aliphatic rings. The summed E-state index contributed by atoms with van der Waals surface area (Å²) in [7, 11) is -3.56. The number of β-amino-alcohol motifs (C(OH)–C–C–N with tert-alkyl or cyclic N) is 1. The third-order valence-electron chi connectivity index (χ3n) is 4.20. The SMILES string of the molecule is O=S(=O)(c1ccc(Cl)c2ccccc12)N1CCN(CCO)CC1. The minimum absolute atomic E-state index is 0.0918. The predicted molar refractivity (Wildman–Crippen MR) is 91.2 cm³/mol. The zero-order chi connectivity index (χ0) is 16.4. The Morgan fingerprint density at radius 1 is 1.00 bits per heavy atom. The summed E-state index contributed by atoms with van der Waals surface area (Å²) >= 11 is 6.18. The molecule has 3 rings (SSSR count). The second-order valence-electron chi connectivity index (χ2n) is 5.56. The number of benzene rings is 2. The van der Waals surface area contributed by atoms with Gasteiger partial charge in [0, 0.05) is 48.5 Å². The van der Waals surface area contributed by atoms with E-state index in [4.69, 9.17) is 16.7 Å². The van der Waals surface area contributed by atoms with Crippen LogP contribution >= 0.6 is 11.6 Å². The first-order valence-electron chi connectivity index (χ1n) is 7.54. The zero-order valence-electron chi connectivity index (χ0n) is 12.7. The molecule has 0 radical (unpaired) electrons. The van der Waals surface area contributed by atoms with Crippen LogP contribution in [0.15, 0.2) is 41.3 Å². The molecule has 2 aromatic rings. The maximum Gasteiger partial charge on any atom is 0.243 e. The van der Waals surface area contributed by atoms with Gasteiger partial charge in [-0.3, -0.25) is 4.90 Å². The summed E-state index contributed by atoms with van der Waals surface area (Å²) < 4.78 is 27.5. The Bertz CT molecular complexity index is 802. The summed E-state index contributed by atoms with van der Waals surface area (Å²) in [4.78, 5) is 2.36. The Morgan fingerprint density at radius 3 is 2.30 bits per heavy atom. The normalized spacial score (nSPS) is 17.7. The number of rotatable bonds is 4. The predicted octanol–water partition coefficient (Wildman–Crippen LogP) is 1.79. The van der Waals surface area contributed by atoms with Gasteiger partial charge in [-0.25, -0.2) is 8.42 Å². The highest BCUT2D eigenvalue weighted by atomic mass is 35.5. The number of hydrogen-bond acceptors (Lipinski definition) is 4. The number of halogens is 1. The lowest BCUT2D eigenvalue weighted by atomic mass is 10.1. The van der Waals surface area contributed by atoms with E-state index in [1.165, 1.54) is 4.31 Å². The van der Waals surface area contributed by atoms with E-state index in [2.05, 4.69) is 4.90 Å². The molecular formula is C16H19ClN2O3S. The number of fused-ring (bicyclic) bond motifs is 1. The number of hydrogen-bond donors (Lipinski definition) is 1. The van der Waals surface area contributed by atoms with E-state index in [1.54, 1.807) is 18.2 Å². The quantitative estimate of drug-likeness (QED) is 0.909. The van der Waals surface area contributed by atoms with Crippen LogP contribution < -0.4 is 0 Å². The molecule has 0 bridgehead atoms. The minimum Gasteiger partial charge on any atom is -0.395 e. The summed E-state index contributed by atoms with van der Waals surface area (Å²) in [6.45, 7) is 2.79. The van der Waals surface area contributed by atoms with Crippen molar-refractivity contribution in [3.05, 3.63) is 41.4 Å². The van der Waals surface area contributed by atoms with Crippen LogP contribution in [-0.2, 0) is 10.0 Å². The molecule has 1 aliphatic heterocycles. The van der Waals surface area contributed by atoms with Gasteiger partial charge < -0.3 is 5.11 Å². The minimum atomic E-state index is -3.56. The van der Waals surface area contributed by atoms with Crippen molar-refractivity contribution in [1.82, 2.24) is 9.21 Å². The summed E-state index contributed by atoms with van der Waals surface area (Å²) in [6.07, 6.45) is 0. The fourth-order valence-corrected chi connectivity index (χ4v) is 4.78. The van der Waals surface area contributed by atoms with Crippen molar-refractivity contribution in [2.45, 2.75) is 4.90 Å². The van der Waals surface area contributed by atoms with Crippen molar-refractivity contribution in [1.29, 1.82) is 0 Å². The largest absolute Gasteiger partial charge is 0.395 e. The highest BCUT2D eigenvalue weighted by Crippen LogP contribution is 2.31. The van der Waals surface area contributed by atoms with Crippen LogP contribution in [0, 0.1) is 0 Å². The van der Waals surface area contributed by atoms with Crippen molar-refractivity contribution < 1.29 is 13.5 Å². The molecule has 1 fully saturated rings. The van der Waals surface area contributed by atoms with Crippen LogP contribution in [0.1, 0.15) is 0 Å². The molecule has 1 saturated heterocycles. The molecule has 0 atom stereocenters. The van der Waals surface area contributed by atoms with Crippen LogP contribution in [-0.4, -0.2) is 62.1 Å². The molecule has 7 heteroatoms. The molecule has 0 aromatic heterocycles. The monoisotopic (exact) mass is 354 g/mol. The molecule has 0 saturated carbocycles. The lowest BCUT2D eigenvalue weighted by molar-refractivity contribution is 0.151. The molecule has 0 aliphatic carbocycles. The lowest BCUT2D eigenvalue weighted by Crippen LogP contribution is -2.49. The first kappa shape index (κ1) is 16.7. The van der Waals surface area contributed by atoms with E-state index in [-0.39, 0.29) is 6.61 Å². The first-order chi connectivity index (χ1) is 11.0. The Labute approximate surface area is 141 Å². The van der Waals surface area contributed by atoms with Gasteiger partial charge in [0.25, 0.3) is 0 Å². The van der Waals surface area contributed by atoms with Crippen LogP contribution in [0.5, 0.6) is 0 Å². The van der Waals surface area contributed by atoms with Crippen LogP contribution in [0.25, 0.3) is 10.8 Å². The molecule has 1 N–H and O–H groups in total. The summed E-state index contributed by atoms with van der Waals surface area (Å²) in [5, 5.41) is 10.9. The molecule has 1 heterocycles. The molecule has 124 valence electrons. The topological polar surface area (TPSA) is 60.9 Å². The zero-order valence-corrected chi connectivity index (χ0v) is 14.2. The number of piperazine rings is 1. The standard InChI is InChI=1S/C16H19ClN2O3S/c17-15-5-6-16(14-4-2-1-3-13(14)15)23(21,22)19-9-7-18(8-10-19)11-12-20/h1-6,20H,7-12H2. The van der Waals surface area contributed by atoms with Gasteiger partial charge in [-0.2, -0.15) is 4.31 Å². The van der Waals surface area contributed by atoms with Gasteiger partial charge in [0.15, 0.2) is 0 Å². The second kappa shape index (κ2) is 6.75. The summed E-state index contributed by atoms with van der Waals surface area (Å²) in [5.74, 6) is 0. The van der Waals surface area contributed by atoms with Gasteiger partial charge in [-0.05, 0) is 12.1 Å². The highest BCUT2D eigenvalue weighted by Gasteiger charge is 2.29. The van der Waals surface area contributed by atoms with Gasteiger partial charge in [-0.1, -0.05) is 35.9 Å². The van der Waals surface area contributed by atoms with E-state index >= 15 is 0 Å². The first-order valence-corrected chi connectivity index (χ1v) is 9.36. The van der Waals surface area contributed by atoms with Gasteiger partial charge >= 0.3 is 0 Å². The Balaban J connectivity index is 1.94. The molecule has 23 heavy (non-hydrogen) atoms. The maximum atomic E-state index is 13.0. The average Bonchev–Trinajstić information content (AvgIpc) is 2.56. The molecule has 0 amide bonds. The fraction of sp³-hybridized carbons (Fsp3) is 0.375. The van der Waals surface area contributed by atoms with Crippen molar-refractivity contribution in [3.63, 3.8) is 0 Å². The van der Waals surface area contributed by atoms with Crippen molar-refractivity contribution in [3.8, 4) is 0 Å². The summed E-state index contributed by atoms with van der Waals surface area (Å²) in [5.41, 5.74) is 0. The number of aliphatic hydroxyl groups excluding tert-OH is 1. The van der Waals surface area contributed by atoms with Crippen LogP contribution in [0.3, 0.4) is 0 Å². The Kier molecular flexibility index (Phi) is 4.89. The average molecular weight is 355 g/mol. The van der Waals surface area contributed by atoms with E-state index in [0.717, 1.165) is 5.39 Å². The molecule has 2 aromatic carbocycles. The van der Waals surface area contributed by atoms with Crippen LogP contribution in [0.4, 0.5) is 0 Å². The highest BCUT2D eigenvalue weighted by molar-refractivity contribution is 7.89. The molecule has 0 spiro atoms. The molecular weight excluding hydrogens is 336 g/mol. The van der Waals surface area contributed by atoms with Crippen molar-refractivity contribution in [2.75, 3.05) is 39.3 Å². The van der Waals surface area contributed by atoms with Crippen molar-refractivity contribution >= 4 is 32.4 Å². The van der Waals surface area contributed by atoms with E-state index < -0.39 is 10.0 Å². The van der Waals surface area contributed by atoms with Gasteiger partial charge in [0.05, 0.1) is 11.5 Å². The molecule has 5 nitrogen and oxygen atoms in total. The number of sulfonamides is 1. The second-order valence-corrected chi connectivity index (χ2v) is 7.87. The van der Waals surface area contributed by atoms with Crippen LogP contribution in [0.2, 0.25) is 5.02 Å². The van der Waals surface area contributed by atoms with Crippen molar-refractivity contribution in [2.24, 2.45) is 0 Å². The van der Waals surface area contributed by atoms with Gasteiger partial charge in [-0.15, -0.1) is 0 Å². The number of nitrogens with zero attached hydrogens (tertiary/aromatic N) is 2. The maximum absolute atomic E-state index is 13.0. The Morgan fingerprint density at radius 2 is 1.65 bits per heavy atom. The Hall–Kier alpha value is -1.18. The van der Waals surface area contributed by atoms with E-state index in [1.807, 2.05) is 18.2 Å². The fourth-order valence-electron chi connectivity index (χ4n) is 2.93. The van der Waals surface area contributed by atoms with E-state index in [9.17, 15) is 8.42 Å². The lowest BCUT2D eigenvalue weighted by Gasteiger charge is -2.33. The third-order valence-corrected chi connectivity index (χ3v) is 6.48. The van der Waals surface area contributed by atoms with E-state index in [0.29, 0.717) is 48.0 Å². The third kappa shape index (κ3) is 3.22. The van der Waals surface area contributed by atoms with Gasteiger partial charge in [0.1, 0.15) is 0 Å². The molecule has 0 unspecified atom stereocenters. The smallest absolute Gasteiger partial charge is 0.243 e. The summed E-state index contributed by atoms with van der Waals surface area (Å²) in [6, 6.07) is 10.5. The number of aliphatic hydroxyl groups is 1.